The average molecular weight is 418 g/mol. The molecule has 1 unspecified atom stereocenters. The Balaban J connectivity index is 1.74. The van der Waals surface area contributed by atoms with Gasteiger partial charge in [-0.25, -0.2) is 0 Å². The van der Waals surface area contributed by atoms with Crippen LogP contribution >= 0.6 is 0 Å². The van der Waals surface area contributed by atoms with E-state index < -0.39 is 5.97 Å². The van der Waals surface area contributed by atoms with Crippen molar-refractivity contribution in [3.05, 3.63) is 35.9 Å². The first kappa shape index (κ1) is 24.4. The van der Waals surface area contributed by atoms with E-state index in [4.69, 9.17) is 0 Å². The average Bonchev–Trinajstić information content (AvgIpc) is 2.70. The number of aliphatic hydroxyl groups is 1. The molecule has 1 saturated heterocycles. The van der Waals surface area contributed by atoms with E-state index in [-0.39, 0.29) is 29.9 Å². The highest BCUT2D eigenvalue weighted by molar-refractivity contribution is 5.77. The monoisotopic (exact) mass is 417 g/mol. The summed E-state index contributed by atoms with van der Waals surface area (Å²) in [6, 6.07) is 10.2. The van der Waals surface area contributed by atoms with Gasteiger partial charge < -0.3 is 15.1 Å². The third kappa shape index (κ3) is 8.10. The number of unbranched alkanes of at least 4 members (excludes halogenated alkanes) is 2. The lowest BCUT2D eigenvalue weighted by Gasteiger charge is -2.36. The van der Waals surface area contributed by atoms with E-state index in [0.29, 0.717) is 25.7 Å². The molecule has 5 heteroatoms. The molecule has 0 spiro atoms. The summed E-state index contributed by atoms with van der Waals surface area (Å²) in [5.74, 6) is -0.599. The van der Waals surface area contributed by atoms with Crippen molar-refractivity contribution in [2.45, 2.75) is 90.2 Å². The Morgan fingerprint density at radius 3 is 2.53 bits per heavy atom. The smallest absolute Gasteiger partial charge is 0.306 e. The van der Waals surface area contributed by atoms with Gasteiger partial charge >= 0.3 is 5.97 Å². The third-order valence-electron chi connectivity index (χ3n) is 6.37. The SMILES string of the molecule is CC(C)C(CCCCCN1C(=O)CCC[C@@H]1CC[C@@H](O)Cc1ccccc1)C(=O)O. The van der Waals surface area contributed by atoms with Crippen molar-refractivity contribution in [1.82, 2.24) is 4.90 Å². The number of rotatable bonds is 13. The summed E-state index contributed by atoms with van der Waals surface area (Å²) in [5, 5.41) is 19.7. The minimum Gasteiger partial charge on any atom is -0.481 e. The number of carbonyl (C=O) groups is 2. The fraction of sp³-hybridized carbons (Fsp3) is 0.680. The van der Waals surface area contributed by atoms with Gasteiger partial charge in [-0.2, -0.15) is 0 Å². The summed E-state index contributed by atoms with van der Waals surface area (Å²) in [5.41, 5.74) is 1.14. The van der Waals surface area contributed by atoms with Crippen LogP contribution in [-0.4, -0.2) is 45.7 Å². The van der Waals surface area contributed by atoms with Gasteiger partial charge in [0.15, 0.2) is 0 Å². The van der Waals surface area contributed by atoms with E-state index in [0.717, 1.165) is 50.6 Å². The molecule has 1 aliphatic heterocycles. The number of likely N-dealkylation sites (tertiary alicyclic amines) is 1. The second-order valence-corrected chi connectivity index (χ2v) is 9.09. The first-order valence-electron chi connectivity index (χ1n) is 11.6. The van der Waals surface area contributed by atoms with Crippen molar-refractivity contribution in [3.8, 4) is 0 Å². The van der Waals surface area contributed by atoms with Crippen molar-refractivity contribution >= 4 is 11.9 Å². The molecule has 1 aromatic rings. The molecule has 1 aromatic carbocycles. The Bertz CT molecular complexity index is 646. The number of hydrogen-bond acceptors (Lipinski definition) is 3. The van der Waals surface area contributed by atoms with Gasteiger partial charge in [-0.05, 0) is 56.4 Å². The highest BCUT2D eigenvalue weighted by Crippen LogP contribution is 2.24. The molecule has 0 radical (unpaired) electrons. The van der Waals surface area contributed by atoms with E-state index in [1.807, 2.05) is 49.1 Å². The second kappa shape index (κ2) is 12.7. The molecule has 1 amide bonds. The normalized spacial score (nSPS) is 19.1. The van der Waals surface area contributed by atoms with Crippen molar-refractivity contribution in [1.29, 1.82) is 0 Å². The second-order valence-electron chi connectivity index (χ2n) is 9.09. The third-order valence-corrected chi connectivity index (χ3v) is 6.37. The van der Waals surface area contributed by atoms with Crippen LogP contribution in [0.2, 0.25) is 0 Å². The first-order valence-corrected chi connectivity index (χ1v) is 11.6. The Kier molecular flexibility index (Phi) is 10.4. The molecule has 2 N–H and O–H groups in total. The standard InChI is InChI=1S/C25H39NO4/c1-19(2)23(25(29)30)13-7-4-8-17-26-21(12-9-14-24(26)28)15-16-22(27)18-20-10-5-3-6-11-20/h3,5-6,10-11,19,21-23,27H,4,7-9,12-18H2,1-2H3,(H,29,30)/t21-,22-,23?/m1/s1. The Hall–Kier alpha value is -1.88. The Labute approximate surface area is 181 Å². The summed E-state index contributed by atoms with van der Waals surface area (Å²) in [6.45, 7) is 4.67. The number of hydrogen-bond donors (Lipinski definition) is 2. The molecule has 0 bridgehead atoms. The largest absolute Gasteiger partial charge is 0.481 e. The molecular formula is C25H39NO4. The van der Waals surface area contributed by atoms with Gasteiger partial charge in [0, 0.05) is 19.0 Å². The van der Waals surface area contributed by atoms with Crippen molar-refractivity contribution in [2.24, 2.45) is 11.8 Å². The van der Waals surface area contributed by atoms with E-state index >= 15 is 0 Å². The number of amides is 1. The molecule has 1 aliphatic rings. The number of benzene rings is 1. The summed E-state index contributed by atoms with van der Waals surface area (Å²) >= 11 is 0. The zero-order chi connectivity index (χ0) is 21.9. The lowest BCUT2D eigenvalue weighted by Crippen LogP contribution is -2.44. The molecule has 5 nitrogen and oxygen atoms in total. The van der Waals surface area contributed by atoms with Crippen LogP contribution in [0.1, 0.15) is 77.2 Å². The maximum atomic E-state index is 12.5. The van der Waals surface area contributed by atoms with E-state index in [1.165, 1.54) is 0 Å². The summed E-state index contributed by atoms with van der Waals surface area (Å²) in [6.07, 6.45) is 7.85. The molecule has 0 saturated carbocycles. The van der Waals surface area contributed by atoms with Gasteiger partial charge in [0.2, 0.25) is 5.91 Å². The lowest BCUT2D eigenvalue weighted by molar-refractivity contribution is -0.143. The van der Waals surface area contributed by atoms with Gasteiger partial charge in [0.05, 0.1) is 12.0 Å². The van der Waals surface area contributed by atoms with Crippen LogP contribution in [0.4, 0.5) is 0 Å². The van der Waals surface area contributed by atoms with Crippen LogP contribution in [0, 0.1) is 11.8 Å². The Morgan fingerprint density at radius 2 is 1.87 bits per heavy atom. The number of piperidine rings is 1. The molecule has 1 heterocycles. The number of carboxylic acids is 1. The molecule has 168 valence electrons. The van der Waals surface area contributed by atoms with Crippen LogP contribution in [0.15, 0.2) is 30.3 Å². The van der Waals surface area contributed by atoms with E-state index in [9.17, 15) is 19.8 Å². The van der Waals surface area contributed by atoms with Crippen LogP contribution < -0.4 is 0 Å². The molecule has 0 aliphatic carbocycles. The number of aliphatic hydroxyl groups excluding tert-OH is 1. The van der Waals surface area contributed by atoms with Crippen LogP contribution in [0.5, 0.6) is 0 Å². The lowest BCUT2D eigenvalue weighted by atomic mass is 9.90. The predicted molar refractivity (Wildman–Crippen MR) is 119 cm³/mol. The van der Waals surface area contributed by atoms with Gasteiger partial charge in [-0.15, -0.1) is 0 Å². The maximum Gasteiger partial charge on any atom is 0.306 e. The molecule has 30 heavy (non-hydrogen) atoms. The van der Waals surface area contributed by atoms with Crippen LogP contribution in [0.25, 0.3) is 0 Å². The molecule has 0 aromatic heterocycles. The zero-order valence-electron chi connectivity index (χ0n) is 18.6. The zero-order valence-corrected chi connectivity index (χ0v) is 18.6. The molecular weight excluding hydrogens is 378 g/mol. The van der Waals surface area contributed by atoms with E-state index in [1.54, 1.807) is 0 Å². The first-order chi connectivity index (χ1) is 14.4. The highest BCUT2D eigenvalue weighted by atomic mass is 16.4. The van der Waals surface area contributed by atoms with Crippen LogP contribution in [-0.2, 0) is 16.0 Å². The van der Waals surface area contributed by atoms with E-state index in [2.05, 4.69) is 0 Å². The van der Waals surface area contributed by atoms with Gasteiger partial charge in [0.1, 0.15) is 0 Å². The van der Waals surface area contributed by atoms with Crippen LogP contribution in [0.3, 0.4) is 0 Å². The Morgan fingerprint density at radius 1 is 1.13 bits per heavy atom. The topological polar surface area (TPSA) is 77.8 Å². The van der Waals surface area contributed by atoms with Gasteiger partial charge in [-0.3, -0.25) is 9.59 Å². The quantitative estimate of drug-likeness (QED) is 0.457. The van der Waals surface area contributed by atoms with Gasteiger partial charge in [-0.1, -0.05) is 57.0 Å². The fourth-order valence-electron chi connectivity index (χ4n) is 4.54. The minimum absolute atomic E-state index is 0.151. The maximum absolute atomic E-state index is 12.5. The summed E-state index contributed by atoms with van der Waals surface area (Å²) in [4.78, 5) is 25.8. The van der Waals surface area contributed by atoms with Crippen molar-refractivity contribution in [2.75, 3.05) is 6.54 Å². The summed E-state index contributed by atoms with van der Waals surface area (Å²) in [7, 11) is 0. The predicted octanol–water partition coefficient (Wildman–Crippen LogP) is 4.67. The molecule has 1 fully saturated rings. The number of carboxylic acid groups (broad SMARTS) is 1. The van der Waals surface area contributed by atoms with Crippen molar-refractivity contribution < 1.29 is 19.8 Å². The number of nitrogens with zero attached hydrogens (tertiary/aromatic N) is 1. The highest BCUT2D eigenvalue weighted by Gasteiger charge is 2.28. The summed E-state index contributed by atoms with van der Waals surface area (Å²) < 4.78 is 0. The molecule has 2 rings (SSSR count). The minimum atomic E-state index is -0.703. The molecule has 3 atom stereocenters. The number of aliphatic carboxylic acids is 1. The fourth-order valence-corrected chi connectivity index (χ4v) is 4.54. The van der Waals surface area contributed by atoms with Gasteiger partial charge in [0.25, 0.3) is 0 Å². The van der Waals surface area contributed by atoms with Crippen molar-refractivity contribution in [3.63, 3.8) is 0 Å². The number of carbonyl (C=O) groups excluding carboxylic acids is 1.